The first-order valence-corrected chi connectivity index (χ1v) is 12.1. The van der Waals surface area contributed by atoms with Crippen LogP contribution in [0.2, 0.25) is 0 Å². The molecule has 2 N–H and O–H groups in total. The van der Waals surface area contributed by atoms with E-state index in [1.807, 2.05) is 42.5 Å². The molecule has 0 bridgehead atoms. The second-order valence-electron chi connectivity index (χ2n) is 8.14. The molecule has 0 saturated heterocycles. The lowest BCUT2D eigenvalue weighted by molar-refractivity contribution is -0.113. The number of benzene rings is 2. The molecule has 0 radical (unpaired) electrons. The van der Waals surface area contributed by atoms with Crippen molar-refractivity contribution in [3.05, 3.63) is 81.2 Å². The highest BCUT2D eigenvalue weighted by Gasteiger charge is 2.35. The summed E-state index contributed by atoms with van der Waals surface area (Å²) in [6.45, 7) is 6.03. The van der Waals surface area contributed by atoms with Gasteiger partial charge >= 0.3 is 0 Å². The maximum atomic E-state index is 13.8. The molecule has 6 nitrogen and oxygen atoms in total. The Morgan fingerprint density at radius 1 is 1.06 bits per heavy atom. The zero-order chi connectivity index (χ0) is 24.4. The van der Waals surface area contributed by atoms with Crippen molar-refractivity contribution in [1.82, 2.24) is 5.32 Å². The number of carbonyl (C=O) groups excluding carboxylic acids is 1. The molecule has 0 aliphatic carbocycles. The van der Waals surface area contributed by atoms with Crippen LogP contribution in [0.5, 0.6) is 11.5 Å². The maximum Gasteiger partial charge on any atom is 0.255 e. The minimum absolute atomic E-state index is 0.235. The summed E-state index contributed by atoms with van der Waals surface area (Å²) in [6, 6.07) is 13.2. The van der Waals surface area contributed by atoms with E-state index in [1.165, 1.54) is 0 Å². The van der Waals surface area contributed by atoms with Gasteiger partial charge in [-0.2, -0.15) is 11.3 Å². The number of thiocarbonyl (C=S) groups is 1. The van der Waals surface area contributed by atoms with Crippen LogP contribution in [-0.4, -0.2) is 25.2 Å². The quantitative estimate of drug-likeness (QED) is 0.428. The SMILES string of the molecule is COc1ccc(NC(=O)C2=C(C)N(c3cc(C)cc(C)c3)C(=S)NC2c2ccsc2)c(OC)c1. The molecule has 2 aromatic carbocycles. The summed E-state index contributed by atoms with van der Waals surface area (Å²) in [4.78, 5) is 15.7. The van der Waals surface area contributed by atoms with E-state index in [0.29, 0.717) is 27.9 Å². The first kappa shape index (κ1) is 23.8. The summed E-state index contributed by atoms with van der Waals surface area (Å²) < 4.78 is 10.8. The Hall–Kier alpha value is -3.36. The number of nitrogens with one attached hydrogen (secondary N) is 2. The van der Waals surface area contributed by atoms with Crippen molar-refractivity contribution in [1.29, 1.82) is 0 Å². The topological polar surface area (TPSA) is 62.8 Å². The summed E-state index contributed by atoms with van der Waals surface area (Å²) in [6.07, 6.45) is 0. The molecule has 2 heterocycles. The van der Waals surface area contributed by atoms with Gasteiger partial charge in [0, 0.05) is 17.5 Å². The summed E-state index contributed by atoms with van der Waals surface area (Å²) in [5.41, 5.74) is 6.07. The van der Waals surface area contributed by atoms with Crippen LogP contribution in [0.3, 0.4) is 0 Å². The van der Waals surface area contributed by atoms with Crippen molar-refractivity contribution < 1.29 is 14.3 Å². The maximum absolute atomic E-state index is 13.8. The minimum atomic E-state index is -0.370. The van der Waals surface area contributed by atoms with E-state index in [-0.39, 0.29) is 11.9 Å². The van der Waals surface area contributed by atoms with Crippen LogP contribution < -0.4 is 25.0 Å². The molecular weight excluding hydrogens is 466 g/mol. The van der Waals surface area contributed by atoms with Crippen LogP contribution in [0.25, 0.3) is 0 Å². The fraction of sp³-hybridized carbons (Fsp3) is 0.231. The second kappa shape index (κ2) is 9.87. The summed E-state index contributed by atoms with van der Waals surface area (Å²) >= 11 is 7.36. The van der Waals surface area contributed by atoms with Crippen molar-refractivity contribution in [3.63, 3.8) is 0 Å². The van der Waals surface area contributed by atoms with Crippen LogP contribution in [0.4, 0.5) is 11.4 Å². The first-order chi connectivity index (χ1) is 16.3. The van der Waals surface area contributed by atoms with E-state index < -0.39 is 0 Å². The number of ether oxygens (including phenoxy) is 2. The van der Waals surface area contributed by atoms with E-state index in [0.717, 1.165) is 28.1 Å². The third-order valence-corrected chi connectivity index (χ3v) is 6.73. The number of nitrogens with zero attached hydrogens (tertiary/aromatic N) is 1. The zero-order valence-corrected chi connectivity index (χ0v) is 21.4. The van der Waals surface area contributed by atoms with Crippen LogP contribution in [-0.2, 0) is 4.79 Å². The number of hydrogen-bond donors (Lipinski definition) is 2. The van der Waals surface area contributed by atoms with Gasteiger partial charge in [0.15, 0.2) is 5.11 Å². The van der Waals surface area contributed by atoms with Crippen LogP contribution >= 0.6 is 23.6 Å². The van der Waals surface area contributed by atoms with Crippen LogP contribution in [0.1, 0.15) is 29.7 Å². The number of amides is 1. The number of hydrogen-bond acceptors (Lipinski definition) is 5. The minimum Gasteiger partial charge on any atom is -0.497 e. The van der Waals surface area contributed by atoms with Gasteiger partial charge in [-0.25, -0.2) is 0 Å². The average molecular weight is 494 g/mol. The fourth-order valence-corrected chi connectivity index (χ4v) is 5.25. The van der Waals surface area contributed by atoms with Crippen LogP contribution in [0.15, 0.2) is 64.5 Å². The van der Waals surface area contributed by atoms with Gasteiger partial charge in [0.1, 0.15) is 11.5 Å². The van der Waals surface area contributed by atoms with E-state index in [1.54, 1.807) is 43.8 Å². The van der Waals surface area contributed by atoms with E-state index in [4.69, 9.17) is 21.7 Å². The standard InChI is InChI=1S/C26H27N3O3S2/c1-15-10-16(2)12-19(11-15)29-17(3)23(24(28-26(29)33)18-8-9-34-14-18)25(30)27-21-7-6-20(31-4)13-22(21)32-5/h6-14,24H,1-5H3,(H,27,30)(H,28,33). The lowest BCUT2D eigenvalue weighted by Crippen LogP contribution is -2.48. The number of thiophene rings is 1. The van der Waals surface area contributed by atoms with E-state index in [2.05, 4.69) is 28.8 Å². The Bertz CT molecular complexity index is 1250. The van der Waals surface area contributed by atoms with Gasteiger partial charge in [-0.15, -0.1) is 0 Å². The van der Waals surface area contributed by atoms with Crippen LogP contribution in [0, 0.1) is 13.8 Å². The number of rotatable bonds is 6. The smallest absolute Gasteiger partial charge is 0.255 e. The molecule has 1 atom stereocenters. The molecule has 1 aromatic heterocycles. The Morgan fingerprint density at radius 2 is 1.79 bits per heavy atom. The predicted molar refractivity (Wildman–Crippen MR) is 142 cm³/mol. The molecule has 1 unspecified atom stereocenters. The third kappa shape index (κ3) is 4.64. The Kier molecular flexibility index (Phi) is 6.90. The number of methoxy groups -OCH3 is 2. The monoisotopic (exact) mass is 493 g/mol. The van der Waals surface area contributed by atoms with E-state index >= 15 is 0 Å². The van der Waals surface area contributed by atoms with Crippen molar-refractivity contribution in [2.45, 2.75) is 26.8 Å². The summed E-state index contributed by atoms with van der Waals surface area (Å²) in [5.74, 6) is 0.928. The molecule has 34 heavy (non-hydrogen) atoms. The predicted octanol–water partition coefficient (Wildman–Crippen LogP) is 5.73. The lowest BCUT2D eigenvalue weighted by Gasteiger charge is -2.38. The largest absolute Gasteiger partial charge is 0.497 e. The van der Waals surface area contributed by atoms with Gasteiger partial charge in [-0.1, -0.05) is 6.07 Å². The Morgan fingerprint density at radius 3 is 2.41 bits per heavy atom. The molecule has 3 aromatic rings. The highest BCUT2D eigenvalue weighted by atomic mass is 32.1. The molecule has 1 aliphatic heterocycles. The highest BCUT2D eigenvalue weighted by Crippen LogP contribution is 2.37. The second-order valence-corrected chi connectivity index (χ2v) is 9.31. The van der Waals surface area contributed by atoms with Crippen molar-refractivity contribution in [2.75, 3.05) is 24.4 Å². The van der Waals surface area contributed by atoms with Gasteiger partial charge in [0.2, 0.25) is 0 Å². The summed E-state index contributed by atoms with van der Waals surface area (Å²) in [7, 11) is 3.15. The highest BCUT2D eigenvalue weighted by molar-refractivity contribution is 7.80. The van der Waals surface area contributed by atoms with E-state index in [9.17, 15) is 4.79 Å². The van der Waals surface area contributed by atoms with Crippen molar-refractivity contribution >= 4 is 45.9 Å². The zero-order valence-electron chi connectivity index (χ0n) is 19.8. The molecule has 1 aliphatic rings. The van der Waals surface area contributed by atoms with Gasteiger partial charge in [-0.3, -0.25) is 9.69 Å². The van der Waals surface area contributed by atoms with Crippen molar-refractivity contribution in [3.8, 4) is 11.5 Å². The first-order valence-electron chi connectivity index (χ1n) is 10.8. The molecule has 0 fully saturated rings. The van der Waals surface area contributed by atoms with Gasteiger partial charge < -0.3 is 20.1 Å². The Labute approximate surface area is 209 Å². The molecule has 1 amide bonds. The number of anilines is 2. The number of carbonyl (C=O) groups is 1. The van der Waals surface area contributed by atoms with Gasteiger partial charge in [0.05, 0.1) is 31.5 Å². The molecule has 0 spiro atoms. The van der Waals surface area contributed by atoms with Gasteiger partial charge in [0.25, 0.3) is 5.91 Å². The lowest BCUT2D eigenvalue weighted by atomic mass is 9.95. The third-order valence-electron chi connectivity index (χ3n) is 5.73. The Balaban J connectivity index is 1.80. The molecule has 4 rings (SSSR count). The number of aryl methyl sites for hydroxylation is 2. The number of allylic oxidation sites excluding steroid dienone is 1. The molecular formula is C26H27N3O3S2. The average Bonchev–Trinajstić information content (AvgIpc) is 3.33. The molecule has 176 valence electrons. The van der Waals surface area contributed by atoms with Crippen molar-refractivity contribution in [2.24, 2.45) is 0 Å². The normalized spacial score (nSPS) is 15.7. The summed E-state index contributed by atoms with van der Waals surface area (Å²) in [5, 5.41) is 11.0. The molecule has 8 heteroatoms. The van der Waals surface area contributed by atoms with Gasteiger partial charge in [-0.05, 0) is 90.8 Å². The fourth-order valence-electron chi connectivity index (χ4n) is 4.21. The molecule has 0 saturated carbocycles.